The molecule has 2 aliphatic rings. The lowest BCUT2D eigenvalue weighted by Gasteiger charge is -2.35. The number of aliphatic imine (C=N–C) groups is 1. The number of amides is 1. The third-order valence-electron chi connectivity index (χ3n) is 3.94. The van der Waals surface area contributed by atoms with Gasteiger partial charge in [-0.05, 0) is 12.8 Å². The van der Waals surface area contributed by atoms with Crippen LogP contribution in [-0.4, -0.2) is 53.9 Å². The maximum Gasteiger partial charge on any atom is 0.219 e. The van der Waals surface area contributed by atoms with Gasteiger partial charge in [0.1, 0.15) is 0 Å². The molecule has 1 amide bonds. The topological polar surface area (TPSA) is 61.9 Å². The van der Waals surface area contributed by atoms with Crippen LogP contribution in [0.2, 0.25) is 0 Å². The Hall–Kier alpha value is -1.26. The molecule has 2 N–H and O–H groups in total. The Labute approximate surface area is 109 Å². The molecule has 1 aliphatic carbocycles. The molecule has 1 aliphatic heterocycles. The zero-order chi connectivity index (χ0) is 13.0. The Kier molecular flexibility index (Phi) is 4.44. The van der Waals surface area contributed by atoms with Gasteiger partial charge in [0.05, 0.1) is 6.04 Å². The number of nitrogens with zero attached hydrogens (tertiary/aromatic N) is 3. The third kappa shape index (κ3) is 3.37. The molecule has 0 aromatic carbocycles. The highest BCUT2D eigenvalue weighted by Gasteiger charge is 2.21. The Bertz CT molecular complexity index is 315. The van der Waals surface area contributed by atoms with E-state index in [2.05, 4.69) is 9.89 Å². The molecule has 0 unspecified atom stereocenters. The highest BCUT2D eigenvalue weighted by molar-refractivity contribution is 5.79. The lowest BCUT2D eigenvalue weighted by Crippen LogP contribution is -2.52. The predicted molar refractivity (Wildman–Crippen MR) is 72.3 cm³/mol. The minimum absolute atomic E-state index is 0.150. The molecular formula is C13H24N4O. The Morgan fingerprint density at radius 3 is 2.17 bits per heavy atom. The van der Waals surface area contributed by atoms with Crippen molar-refractivity contribution in [3.63, 3.8) is 0 Å². The number of guanidine groups is 1. The van der Waals surface area contributed by atoms with E-state index in [0.717, 1.165) is 26.2 Å². The molecule has 0 atom stereocenters. The molecule has 0 radical (unpaired) electrons. The van der Waals surface area contributed by atoms with Gasteiger partial charge in [-0.1, -0.05) is 19.3 Å². The summed E-state index contributed by atoms with van der Waals surface area (Å²) >= 11 is 0. The van der Waals surface area contributed by atoms with E-state index in [-0.39, 0.29) is 5.91 Å². The standard InChI is InChI=1S/C13H24N4O/c1-11(18)16-7-9-17(10-8-16)13(14)15-12-5-3-2-4-6-12/h12H,2-10H2,1H3,(H2,14,15). The van der Waals surface area contributed by atoms with Crippen LogP contribution in [0.25, 0.3) is 0 Å². The minimum atomic E-state index is 0.150. The summed E-state index contributed by atoms with van der Waals surface area (Å²) in [7, 11) is 0. The van der Waals surface area contributed by atoms with Crippen molar-refractivity contribution in [1.29, 1.82) is 0 Å². The van der Waals surface area contributed by atoms with Crippen molar-refractivity contribution in [3.05, 3.63) is 0 Å². The van der Waals surface area contributed by atoms with Gasteiger partial charge in [0.15, 0.2) is 5.96 Å². The van der Waals surface area contributed by atoms with Gasteiger partial charge in [0, 0.05) is 33.1 Å². The highest BCUT2D eigenvalue weighted by atomic mass is 16.2. The zero-order valence-electron chi connectivity index (χ0n) is 11.3. The maximum atomic E-state index is 11.2. The van der Waals surface area contributed by atoms with Gasteiger partial charge in [0.25, 0.3) is 0 Å². The smallest absolute Gasteiger partial charge is 0.219 e. The van der Waals surface area contributed by atoms with E-state index < -0.39 is 0 Å². The minimum Gasteiger partial charge on any atom is -0.370 e. The van der Waals surface area contributed by atoms with Crippen LogP contribution in [0, 0.1) is 0 Å². The highest BCUT2D eigenvalue weighted by Crippen LogP contribution is 2.20. The van der Waals surface area contributed by atoms with E-state index in [9.17, 15) is 4.79 Å². The fourth-order valence-electron chi connectivity index (χ4n) is 2.73. The van der Waals surface area contributed by atoms with Crippen molar-refractivity contribution < 1.29 is 4.79 Å². The number of carbonyl (C=O) groups excluding carboxylic acids is 1. The second-order valence-electron chi connectivity index (χ2n) is 5.27. The molecule has 1 saturated heterocycles. The summed E-state index contributed by atoms with van der Waals surface area (Å²) in [6.07, 6.45) is 6.24. The summed E-state index contributed by atoms with van der Waals surface area (Å²) in [5, 5.41) is 0. The summed E-state index contributed by atoms with van der Waals surface area (Å²) in [5.74, 6) is 0.822. The molecule has 1 heterocycles. The Morgan fingerprint density at radius 2 is 1.61 bits per heavy atom. The first-order valence-corrected chi connectivity index (χ1v) is 7.00. The van der Waals surface area contributed by atoms with Crippen molar-refractivity contribution in [3.8, 4) is 0 Å². The summed E-state index contributed by atoms with van der Waals surface area (Å²) in [5.41, 5.74) is 6.07. The molecule has 2 rings (SSSR count). The molecule has 1 saturated carbocycles. The fourth-order valence-corrected chi connectivity index (χ4v) is 2.73. The van der Waals surface area contributed by atoms with Crippen LogP contribution in [0.5, 0.6) is 0 Å². The van der Waals surface area contributed by atoms with Gasteiger partial charge in [-0.15, -0.1) is 0 Å². The van der Waals surface area contributed by atoms with Gasteiger partial charge >= 0.3 is 0 Å². The van der Waals surface area contributed by atoms with Crippen molar-refractivity contribution in [2.75, 3.05) is 26.2 Å². The third-order valence-corrected chi connectivity index (χ3v) is 3.94. The quantitative estimate of drug-likeness (QED) is 0.554. The van der Waals surface area contributed by atoms with Crippen LogP contribution >= 0.6 is 0 Å². The summed E-state index contributed by atoms with van der Waals surface area (Å²) in [6.45, 7) is 4.75. The normalized spacial score (nSPS) is 23.3. The van der Waals surface area contributed by atoms with E-state index in [4.69, 9.17) is 5.73 Å². The molecule has 0 aromatic rings. The Balaban J connectivity index is 1.84. The Morgan fingerprint density at radius 1 is 1.06 bits per heavy atom. The average molecular weight is 252 g/mol. The molecule has 5 nitrogen and oxygen atoms in total. The van der Waals surface area contributed by atoms with Crippen molar-refractivity contribution >= 4 is 11.9 Å². The van der Waals surface area contributed by atoms with Gasteiger partial charge in [-0.3, -0.25) is 4.79 Å². The molecule has 0 aromatic heterocycles. The number of hydrogen-bond donors (Lipinski definition) is 1. The lowest BCUT2D eigenvalue weighted by molar-refractivity contribution is -0.130. The monoisotopic (exact) mass is 252 g/mol. The summed E-state index contributed by atoms with van der Waals surface area (Å²) < 4.78 is 0. The maximum absolute atomic E-state index is 11.2. The largest absolute Gasteiger partial charge is 0.370 e. The van der Waals surface area contributed by atoms with Crippen LogP contribution in [-0.2, 0) is 4.79 Å². The summed E-state index contributed by atoms with van der Waals surface area (Å²) in [4.78, 5) is 19.9. The van der Waals surface area contributed by atoms with Crippen LogP contribution in [0.3, 0.4) is 0 Å². The average Bonchev–Trinajstić information content (AvgIpc) is 2.40. The van der Waals surface area contributed by atoms with Crippen molar-refractivity contribution in [2.45, 2.75) is 45.1 Å². The van der Waals surface area contributed by atoms with Gasteiger partial charge < -0.3 is 15.5 Å². The predicted octanol–water partition coefficient (Wildman–Crippen LogP) is 0.798. The van der Waals surface area contributed by atoms with Crippen LogP contribution in [0.15, 0.2) is 4.99 Å². The number of carbonyl (C=O) groups is 1. The van der Waals surface area contributed by atoms with E-state index >= 15 is 0 Å². The van der Waals surface area contributed by atoms with Crippen molar-refractivity contribution in [2.24, 2.45) is 10.7 Å². The first-order chi connectivity index (χ1) is 8.66. The number of nitrogens with two attached hydrogens (primary N) is 1. The second-order valence-corrected chi connectivity index (χ2v) is 5.27. The molecule has 102 valence electrons. The van der Waals surface area contributed by atoms with E-state index in [1.54, 1.807) is 6.92 Å². The summed E-state index contributed by atoms with van der Waals surface area (Å²) in [6, 6.07) is 0.421. The lowest BCUT2D eigenvalue weighted by atomic mass is 9.96. The van der Waals surface area contributed by atoms with E-state index in [0.29, 0.717) is 12.0 Å². The molecule has 5 heteroatoms. The molecule has 0 spiro atoms. The molecule has 2 fully saturated rings. The van der Waals surface area contributed by atoms with Crippen LogP contribution < -0.4 is 5.73 Å². The zero-order valence-corrected chi connectivity index (χ0v) is 11.3. The van der Waals surface area contributed by atoms with Crippen LogP contribution in [0.1, 0.15) is 39.0 Å². The first kappa shape index (κ1) is 13.2. The van der Waals surface area contributed by atoms with Gasteiger partial charge in [-0.25, -0.2) is 4.99 Å². The number of rotatable bonds is 1. The number of hydrogen-bond acceptors (Lipinski definition) is 2. The molecular weight excluding hydrogens is 228 g/mol. The van der Waals surface area contributed by atoms with Crippen LogP contribution in [0.4, 0.5) is 0 Å². The first-order valence-electron chi connectivity index (χ1n) is 7.00. The molecule has 18 heavy (non-hydrogen) atoms. The molecule has 0 bridgehead atoms. The van der Waals surface area contributed by atoms with Gasteiger partial charge in [-0.2, -0.15) is 0 Å². The van der Waals surface area contributed by atoms with Crippen molar-refractivity contribution in [1.82, 2.24) is 9.80 Å². The fraction of sp³-hybridized carbons (Fsp3) is 0.846. The SMILES string of the molecule is CC(=O)N1CCN(C(N)=NC2CCCCC2)CC1. The van der Waals surface area contributed by atoms with E-state index in [1.165, 1.54) is 32.1 Å². The number of piperazine rings is 1. The second kappa shape index (κ2) is 6.07. The van der Waals surface area contributed by atoms with Gasteiger partial charge in [0.2, 0.25) is 5.91 Å². The van der Waals surface area contributed by atoms with E-state index in [1.807, 2.05) is 4.90 Å².